The summed E-state index contributed by atoms with van der Waals surface area (Å²) in [5.41, 5.74) is 9.69. The first-order valence-electron chi connectivity index (χ1n) is 7.36. The number of rotatable bonds is 2. The van der Waals surface area contributed by atoms with E-state index in [1.54, 1.807) is 0 Å². The molecule has 2 atom stereocenters. The third-order valence-corrected chi connectivity index (χ3v) is 4.15. The smallest absolute Gasteiger partial charge is 0.221 e. The van der Waals surface area contributed by atoms with Crippen LogP contribution in [0.25, 0.3) is 0 Å². The summed E-state index contributed by atoms with van der Waals surface area (Å²) in [5.74, 6) is -0.0914. The normalized spacial score (nSPS) is 22.7. The SMILES string of the molecule is CC(=O)Nc1cc(N2C(C)CCCC2C)c(C)cc1N. The first kappa shape index (κ1) is 14.7. The molecule has 3 N–H and O–H groups in total. The number of piperidine rings is 1. The zero-order valence-corrected chi connectivity index (χ0v) is 12.9. The number of amides is 1. The Kier molecular flexibility index (Phi) is 4.21. The Morgan fingerprint density at radius 2 is 1.90 bits per heavy atom. The first-order valence-corrected chi connectivity index (χ1v) is 7.36. The van der Waals surface area contributed by atoms with Crippen molar-refractivity contribution in [3.63, 3.8) is 0 Å². The number of nitrogen functional groups attached to an aromatic ring is 1. The van der Waals surface area contributed by atoms with E-state index in [1.807, 2.05) is 12.1 Å². The number of carbonyl (C=O) groups excluding carboxylic acids is 1. The van der Waals surface area contributed by atoms with Gasteiger partial charge in [-0.3, -0.25) is 4.79 Å². The highest BCUT2D eigenvalue weighted by Gasteiger charge is 2.26. The lowest BCUT2D eigenvalue weighted by Crippen LogP contribution is -2.44. The van der Waals surface area contributed by atoms with E-state index in [4.69, 9.17) is 5.73 Å². The standard InChI is InChI=1S/C16H25N3O/c1-10-8-14(17)15(18-13(4)20)9-16(10)19-11(2)6-5-7-12(19)3/h8-9,11-12H,5-7,17H2,1-4H3,(H,18,20). The minimum absolute atomic E-state index is 0.0914. The third-order valence-electron chi connectivity index (χ3n) is 4.15. The molecule has 2 rings (SSSR count). The maximum atomic E-state index is 11.3. The van der Waals surface area contributed by atoms with Crippen LogP contribution in [0.3, 0.4) is 0 Å². The van der Waals surface area contributed by atoms with Gasteiger partial charge in [0.25, 0.3) is 0 Å². The average Bonchev–Trinajstić information content (AvgIpc) is 2.33. The maximum absolute atomic E-state index is 11.3. The van der Waals surface area contributed by atoms with Gasteiger partial charge in [-0.2, -0.15) is 0 Å². The summed E-state index contributed by atoms with van der Waals surface area (Å²) in [6.45, 7) is 8.12. The molecule has 0 aliphatic carbocycles. The molecule has 0 spiro atoms. The van der Waals surface area contributed by atoms with Crippen molar-refractivity contribution in [2.75, 3.05) is 16.0 Å². The lowest BCUT2D eigenvalue weighted by atomic mass is 9.95. The molecule has 1 heterocycles. The fourth-order valence-electron chi connectivity index (χ4n) is 3.19. The van der Waals surface area contributed by atoms with Crippen LogP contribution in [0.1, 0.15) is 45.6 Å². The number of nitrogens with two attached hydrogens (primary N) is 1. The molecule has 20 heavy (non-hydrogen) atoms. The van der Waals surface area contributed by atoms with E-state index in [2.05, 4.69) is 31.0 Å². The summed E-state index contributed by atoms with van der Waals surface area (Å²) in [6, 6.07) is 5.01. The van der Waals surface area contributed by atoms with Crippen molar-refractivity contribution >= 4 is 23.0 Å². The molecule has 1 aliphatic heterocycles. The Hall–Kier alpha value is -1.71. The van der Waals surface area contributed by atoms with Crippen molar-refractivity contribution in [3.8, 4) is 0 Å². The molecule has 0 aromatic heterocycles. The van der Waals surface area contributed by atoms with Gasteiger partial charge in [-0.15, -0.1) is 0 Å². The molecule has 4 nitrogen and oxygen atoms in total. The number of nitrogens with zero attached hydrogens (tertiary/aromatic N) is 1. The van der Waals surface area contributed by atoms with Crippen LogP contribution in [0.15, 0.2) is 12.1 Å². The number of aryl methyl sites for hydroxylation is 1. The lowest BCUT2D eigenvalue weighted by Gasteiger charge is -2.42. The first-order chi connectivity index (χ1) is 9.40. The van der Waals surface area contributed by atoms with E-state index in [0.29, 0.717) is 23.5 Å². The minimum Gasteiger partial charge on any atom is -0.397 e. The summed E-state index contributed by atoms with van der Waals surface area (Å²) in [6.07, 6.45) is 3.71. The van der Waals surface area contributed by atoms with Crippen LogP contribution in [0.5, 0.6) is 0 Å². The van der Waals surface area contributed by atoms with Gasteiger partial charge in [0.15, 0.2) is 0 Å². The van der Waals surface area contributed by atoms with Gasteiger partial charge in [0.05, 0.1) is 11.4 Å². The largest absolute Gasteiger partial charge is 0.397 e. The van der Waals surface area contributed by atoms with Crippen molar-refractivity contribution in [2.24, 2.45) is 0 Å². The molecule has 1 saturated heterocycles. The van der Waals surface area contributed by atoms with Gasteiger partial charge in [-0.1, -0.05) is 0 Å². The highest BCUT2D eigenvalue weighted by Crippen LogP contribution is 2.35. The molecule has 1 amide bonds. The number of hydrogen-bond acceptors (Lipinski definition) is 3. The second-order valence-electron chi connectivity index (χ2n) is 5.94. The predicted octanol–water partition coefficient (Wildman–Crippen LogP) is 3.30. The molecular weight excluding hydrogens is 250 g/mol. The summed E-state index contributed by atoms with van der Waals surface area (Å²) >= 11 is 0. The summed E-state index contributed by atoms with van der Waals surface area (Å²) in [4.78, 5) is 13.7. The quantitative estimate of drug-likeness (QED) is 0.814. The van der Waals surface area contributed by atoms with E-state index in [-0.39, 0.29) is 5.91 Å². The van der Waals surface area contributed by atoms with Crippen molar-refractivity contribution in [1.29, 1.82) is 0 Å². The van der Waals surface area contributed by atoms with Gasteiger partial charge in [-0.25, -0.2) is 0 Å². The number of hydrogen-bond donors (Lipinski definition) is 2. The third kappa shape index (κ3) is 2.89. The second kappa shape index (κ2) is 5.73. The van der Waals surface area contributed by atoms with Gasteiger partial charge >= 0.3 is 0 Å². The number of benzene rings is 1. The van der Waals surface area contributed by atoms with Crippen LogP contribution >= 0.6 is 0 Å². The van der Waals surface area contributed by atoms with Gasteiger partial charge in [-0.05, 0) is 57.7 Å². The van der Waals surface area contributed by atoms with Crippen LogP contribution < -0.4 is 16.0 Å². The van der Waals surface area contributed by atoms with Gasteiger partial charge in [0.1, 0.15) is 0 Å². The second-order valence-corrected chi connectivity index (χ2v) is 5.94. The Morgan fingerprint density at radius 3 is 2.45 bits per heavy atom. The zero-order valence-electron chi connectivity index (χ0n) is 12.9. The topological polar surface area (TPSA) is 58.4 Å². The van der Waals surface area contributed by atoms with E-state index < -0.39 is 0 Å². The predicted molar refractivity (Wildman–Crippen MR) is 85.1 cm³/mol. The fourth-order valence-corrected chi connectivity index (χ4v) is 3.19. The Balaban J connectivity index is 2.41. The van der Waals surface area contributed by atoms with E-state index in [0.717, 1.165) is 5.56 Å². The summed E-state index contributed by atoms with van der Waals surface area (Å²) < 4.78 is 0. The maximum Gasteiger partial charge on any atom is 0.221 e. The number of nitrogens with one attached hydrogen (secondary N) is 1. The fraction of sp³-hybridized carbons (Fsp3) is 0.562. The van der Waals surface area contributed by atoms with Crippen LogP contribution in [-0.4, -0.2) is 18.0 Å². The Labute approximate surface area is 121 Å². The molecule has 4 heteroatoms. The number of anilines is 3. The molecule has 1 aromatic carbocycles. The highest BCUT2D eigenvalue weighted by molar-refractivity contribution is 5.93. The van der Waals surface area contributed by atoms with Crippen LogP contribution in [0.2, 0.25) is 0 Å². The van der Waals surface area contributed by atoms with Crippen molar-refractivity contribution in [3.05, 3.63) is 17.7 Å². The van der Waals surface area contributed by atoms with E-state index in [1.165, 1.54) is 31.9 Å². The monoisotopic (exact) mass is 275 g/mol. The highest BCUT2D eigenvalue weighted by atomic mass is 16.1. The molecule has 2 unspecified atom stereocenters. The molecule has 110 valence electrons. The molecule has 1 fully saturated rings. The molecule has 0 radical (unpaired) electrons. The van der Waals surface area contributed by atoms with Crippen molar-refractivity contribution in [1.82, 2.24) is 0 Å². The van der Waals surface area contributed by atoms with Gasteiger partial charge in [0, 0.05) is 24.7 Å². The van der Waals surface area contributed by atoms with E-state index in [9.17, 15) is 4.79 Å². The summed E-state index contributed by atoms with van der Waals surface area (Å²) in [7, 11) is 0. The van der Waals surface area contributed by atoms with Crippen LogP contribution in [-0.2, 0) is 4.79 Å². The molecular formula is C16H25N3O. The minimum atomic E-state index is -0.0914. The van der Waals surface area contributed by atoms with Crippen LogP contribution in [0, 0.1) is 6.92 Å². The lowest BCUT2D eigenvalue weighted by molar-refractivity contribution is -0.114. The zero-order chi connectivity index (χ0) is 14.9. The molecule has 0 saturated carbocycles. The van der Waals surface area contributed by atoms with Crippen molar-refractivity contribution in [2.45, 2.75) is 59.0 Å². The molecule has 1 aromatic rings. The van der Waals surface area contributed by atoms with Crippen molar-refractivity contribution < 1.29 is 4.79 Å². The molecule has 1 aliphatic rings. The van der Waals surface area contributed by atoms with Crippen LogP contribution in [0.4, 0.5) is 17.1 Å². The average molecular weight is 275 g/mol. The summed E-state index contributed by atoms with van der Waals surface area (Å²) in [5, 5.41) is 2.82. The van der Waals surface area contributed by atoms with Gasteiger partial charge in [0.2, 0.25) is 5.91 Å². The van der Waals surface area contributed by atoms with E-state index >= 15 is 0 Å². The Morgan fingerprint density at radius 1 is 1.30 bits per heavy atom. The number of carbonyl (C=O) groups is 1. The Bertz CT molecular complexity index is 503. The molecule has 0 bridgehead atoms. The van der Waals surface area contributed by atoms with Gasteiger partial charge < -0.3 is 16.0 Å².